The molecule has 0 radical (unpaired) electrons. The zero-order valence-corrected chi connectivity index (χ0v) is 26.3. The van der Waals surface area contributed by atoms with Crippen LogP contribution in [0.25, 0.3) is 0 Å². The zero-order valence-electron chi connectivity index (χ0n) is 24.6. The van der Waals surface area contributed by atoms with Crippen molar-refractivity contribution in [3.8, 4) is 0 Å². The Kier molecular flexibility index (Phi) is 21.4. The van der Waals surface area contributed by atoms with Crippen LogP contribution >= 0.6 is 19.6 Å². The van der Waals surface area contributed by atoms with Gasteiger partial charge in [-0.1, -0.05) is 77.6 Å². The Labute approximate surface area is 227 Å². The minimum atomic E-state index is -4.28. The van der Waals surface area contributed by atoms with E-state index in [4.69, 9.17) is 18.5 Å². The maximum Gasteiger partial charge on any atom is 0.268 e. The molecule has 0 N–H and O–H groups in total. The molecule has 2 unspecified atom stereocenters. The van der Waals surface area contributed by atoms with Crippen molar-refractivity contribution < 1.29 is 32.5 Å². The molecule has 0 aromatic heterocycles. The van der Waals surface area contributed by atoms with Crippen molar-refractivity contribution in [3.63, 3.8) is 0 Å². The lowest BCUT2D eigenvalue weighted by Gasteiger charge is -2.31. The molecule has 0 aromatic carbocycles. The molecular formula is C27H58NO6PS. The van der Waals surface area contributed by atoms with Gasteiger partial charge in [-0.05, 0) is 25.5 Å². The molecule has 0 aliphatic heterocycles. The highest BCUT2D eigenvalue weighted by Gasteiger charge is 2.29. The number of hydrogen-bond donors (Lipinski definition) is 0. The fraction of sp³-hybridized carbons (Fsp3) is 1.00. The molecule has 0 aromatic rings. The van der Waals surface area contributed by atoms with Crippen molar-refractivity contribution >= 4 is 19.6 Å². The molecule has 36 heavy (non-hydrogen) atoms. The topological polar surface area (TPSA) is 77.1 Å². The van der Waals surface area contributed by atoms with E-state index in [0.29, 0.717) is 23.2 Å². The number of rotatable bonds is 26. The fourth-order valence-corrected chi connectivity index (χ4v) is 6.17. The molecule has 0 aliphatic rings. The highest BCUT2D eigenvalue weighted by molar-refractivity contribution is 7.99. The van der Waals surface area contributed by atoms with Crippen LogP contribution in [0.5, 0.6) is 0 Å². The maximum atomic E-state index is 12.0. The van der Waals surface area contributed by atoms with Crippen molar-refractivity contribution in [2.24, 2.45) is 0 Å². The van der Waals surface area contributed by atoms with Gasteiger partial charge in [-0.25, -0.2) is 0 Å². The predicted octanol–water partition coefficient (Wildman–Crippen LogP) is 6.79. The molecule has 0 amide bonds. The van der Waals surface area contributed by atoms with E-state index >= 15 is 0 Å². The number of phosphoric ester groups is 1. The molecule has 0 bridgehead atoms. The Balaban J connectivity index is 4.00. The number of unbranched alkanes of at least 4 members (excludes halogenated alkanes) is 11. The number of nitrogens with zero attached hydrogens (tertiary/aromatic N) is 1. The van der Waals surface area contributed by atoms with E-state index in [-0.39, 0.29) is 6.61 Å². The lowest BCUT2D eigenvalue weighted by Crippen LogP contribution is -2.37. The van der Waals surface area contributed by atoms with E-state index in [9.17, 15) is 9.46 Å². The third-order valence-corrected chi connectivity index (χ3v) is 8.75. The Morgan fingerprint density at radius 2 is 1.39 bits per heavy atom. The smallest absolute Gasteiger partial charge is 0.268 e. The highest BCUT2D eigenvalue weighted by atomic mass is 32.2. The van der Waals surface area contributed by atoms with E-state index in [1.54, 1.807) is 32.9 Å². The molecule has 0 aliphatic carbocycles. The Hall–Kier alpha value is 0.340. The van der Waals surface area contributed by atoms with Crippen molar-refractivity contribution in [1.29, 1.82) is 0 Å². The second-order valence-corrected chi connectivity index (χ2v) is 13.5. The van der Waals surface area contributed by atoms with E-state index in [1.807, 2.05) is 21.1 Å². The van der Waals surface area contributed by atoms with Gasteiger partial charge in [0.15, 0.2) is 5.79 Å². The highest BCUT2D eigenvalue weighted by Crippen LogP contribution is 2.40. The summed E-state index contributed by atoms with van der Waals surface area (Å²) in [7, 11) is 5.08. The summed E-state index contributed by atoms with van der Waals surface area (Å²) in [6, 6.07) is 0. The molecule has 0 rings (SSSR count). The van der Waals surface area contributed by atoms with Crippen molar-refractivity contribution in [2.45, 2.75) is 116 Å². The summed E-state index contributed by atoms with van der Waals surface area (Å²) in [6.45, 7) is 4.74. The van der Waals surface area contributed by atoms with Gasteiger partial charge in [-0.3, -0.25) is 4.57 Å². The average molecular weight is 556 g/mol. The van der Waals surface area contributed by atoms with Crippen LogP contribution in [0.15, 0.2) is 0 Å². The van der Waals surface area contributed by atoms with E-state index in [1.165, 1.54) is 70.6 Å². The number of thioether (sulfide) groups is 1. The normalized spacial score (nSPS) is 15.2. The number of methoxy groups -OCH3 is 2. The summed E-state index contributed by atoms with van der Waals surface area (Å²) in [6.07, 6.45) is 16.9. The van der Waals surface area contributed by atoms with Crippen LogP contribution in [0.2, 0.25) is 0 Å². The van der Waals surface area contributed by atoms with Crippen molar-refractivity contribution in [1.82, 2.24) is 0 Å². The molecule has 0 saturated carbocycles. The first-order valence-corrected chi connectivity index (χ1v) is 16.7. The van der Waals surface area contributed by atoms with Crippen molar-refractivity contribution in [2.75, 3.05) is 60.0 Å². The second-order valence-electron chi connectivity index (χ2n) is 11.0. The molecule has 7 nitrogen and oxygen atoms in total. The third-order valence-electron chi connectivity index (χ3n) is 6.47. The van der Waals surface area contributed by atoms with Gasteiger partial charge in [0.1, 0.15) is 13.2 Å². The van der Waals surface area contributed by atoms with Crippen LogP contribution in [-0.4, -0.2) is 76.4 Å². The summed E-state index contributed by atoms with van der Waals surface area (Å²) in [5.41, 5.74) is 0. The van der Waals surface area contributed by atoms with Crippen LogP contribution in [0.1, 0.15) is 104 Å². The summed E-state index contributed by atoms with van der Waals surface area (Å²) in [4.78, 5) is 12.0. The minimum absolute atomic E-state index is 0.120. The lowest BCUT2D eigenvalue weighted by atomic mass is 10.0. The number of ether oxygens (including phenoxy) is 2. The lowest BCUT2D eigenvalue weighted by molar-refractivity contribution is -0.870. The Morgan fingerprint density at radius 1 is 0.889 bits per heavy atom. The van der Waals surface area contributed by atoms with E-state index in [0.717, 1.165) is 18.6 Å². The van der Waals surface area contributed by atoms with Gasteiger partial charge in [0.25, 0.3) is 7.82 Å². The molecule has 0 fully saturated rings. The number of quaternary nitrogens is 1. The molecular weight excluding hydrogens is 497 g/mol. The second kappa shape index (κ2) is 21.2. The van der Waals surface area contributed by atoms with E-state index in [2.05, 4.69) is 6.92 Å². The van der Waals surface area contributed by atoms with Crippen molar-refractivity contribution in [3.05, 3.63) is 0 Å². The van der Waals surface area contributed by atoms with Gasteiger partial charge >= 0.3 is 0 Å². The minimum Gasteiger partial charge on any atom is -0.756 e. The molecule has 0 heterocycles. The largest absolute Gasteiger partial charge is 0.756 e. The number of hydrogen-bond acceptors (Lipinski definition) is 7. The summed E-state index contributed by atoms with van der Waals surface area (Å²) in [5, 5.41) is 0. The van der Waals surface area contributed by atoms with Gasteiger partial charge in [-0.15, -0.1) is 0 Å². The van der Waals surface area contributed by atoms with Crippen LogP contribution in [-0.2, 0) is 23.1 Å². The zero-order chi connectivity index (χ0) is 27.3. The fourth-order valence-electron chi connectivity index (χ4n) is 3.92. The van der Waals surface area contributed by atoms with Crippen LogP contribution in [0.4, 0.5) is 0 Å². The molecule has 218 valence electrons. The maximum absolute atomic E-state index is 12.0. The monoisotopic (exact) mass is 555 g/mol. The van der Waals surface area contributed by atoms with Gasteiger partial charge < -0.3 is 27.9 Å². The third kappa shape index (κ3) is 21.3. The summed E-state index contributed by atoms with van der Waals surface area (Å²) >= 11 is 1.70. The number of likely N-dealkylation sites (N-methyl/N-ethyl adjacent to an activating group) is 1. The molecule has 0 saturated heterocycles. The standard InChI is InChI=1S/C27H58NO6PS/c1-8-9-10-11-12-13-14-15-16-17-18-19-21-27(31-6,32-7)25-36-24-20-26(2)34-35(29,30)33-23-22-28(3,4)5/h26H,8-25H2,1-7H3. The molecule has 9 heteroatoms. The average Bonchev–Trinajstić information content (AvgIpc) is 2.80. The quantitative estimate of drug-likeness (QED) is 0.0503. The first-order chi connectivity index (χ1) is 17.0. The first-order valence-electron chi connectivity index (χ1n) is 14.1. The number of phosphoric acid groups is 1. The van der Waals surface area contributed by atoms with Gasteiger partial charge in [0.2, 0.25) is 0 Å². The van der Waals surface area contributed by atoms with Crippen LogP contribution in [0, 0.1) is 0 Å². The molecule has 0 spiro atoms. The summed E-state index contributed by atoms with van der Waals surface area (Å²) < 4.78 is 34.4. The van der Waals surface area contributed by atoms with Crippen LogP contribution in [0.3, 0.4) is 0 Å². The summed E-state index contributed by atoms with van der Waals surface area (Å²) in [5.74, 6) is 0.877. The molecule has 2 atom stereocenters. The van der Waals surface area contributed by atoms with E-state index < -0.39 is 19.7 Å². The SMILES string of the molecule is CCCCCCCCCCCCCCC(CSCCC(C)OP(=O)([O-])OCC[N+](C)(C)C)(OC)OC. The first kappa shape index (κ1) is 36.3. The predicted molar refractivity (Wildman–Crippen MR) is 151 cm³/mol. The van der Waals surface area contributed by atoms with Gasteiger partial charge in [0, 0.05) is 26.4 Å². The van der Waals surface area contributed by atoms with Gasteiger partial charge in [0.05, 0.1) is 27.2 Å². The Bertz CT molecular complexity index is 557. The van der Waals surface area contributed by atoms with Gasteiger partial charge in [-0.2, -0.15) is 11.8 Å². The van der Waals surface area contributed by atoms with Crippen LogP contribution < -0.4 is 4.89 Å². The Morgan fingerprint density at radius 3 is 1.86 bits per heavy atom.